The van der Waals surface area contributed by atoms with Crippen molar-refractivity contribution in [2.45, 2.75) is 52.6 Å². The number of likely N-dealkylation sites (tertiary alicyclic amines) is 1. The van der Waals surface area contributed by atoms with E-state index < -0.39 is 11.0 Å². The van der Waals surface area contributed by atoms with E-state index in [1.54, 1.807) is 11.8 Å². The second kappa shape index (κ2) is 8.06. The molecule has 0 unspecified atom stereocenters. The molecule has 1 aliphatic heterocycles. The molecule has 0 spiro atoms. The highest BCUT2D eigenvalue weighted by Gasteiger charge is 2.43. The number of carbonyl (C=O) groups is 2. The van der Waals surface area contributed by atoms with Crippen LogP contribution in [0.3, 0.4) is 0 Å². The molecular formula is C15H26N4O4. The van der Waals surface area contributed by atoms with E-state index in [0.29, 0.717) is 39.0 Å². The largest absolute Gasteiger partial charge is 0.466 e. The highest BCUT2D eigenvalue weighted by Crippen LogP contribution is 2.37. The van der Waals surface area contributed by atoms with Crippen LogP contribution in [0.1, 0.15) is 47.0 Å². The van der Waals surface area contributed by atoms with Gasteiger partial charge < -0.3 is 14.4 Å². The summed E-state index contributed by atoms with van der Waals surface area (Å²) in [5.74, 6) is -0.281. The first-order valence-electron chi connectivity index (χ1n) is 7.90. The van der Waals surface area contributed by atoms with Gasteiger partial charge in [0, 0.05) is 24.5 Å². The third-order valence-electron chi connectivity index (χ3n) is 3.83. The minimum atomic E-state index is -0.692. The maximum Gasteiger partial charge on any atom is 0.410 e. The van der Waals surface area contributed by atoms with Crippen molar-refractivity contribution >= 4 is 12.1 Å². The Balaban J connectivity index is 2.73. The van der Waals surface area contributed by atoms with Crippen molar-refractivity contribution in [3.63, 3.8) is 0 Å². The number of rotatable bonds is 5. The molecule has 1 amide bonds. The summed E-state index contributed by atoms with van der Waals surface area (Å²) in [6, 6.07) is 0. The first-order valence-corrected chi connectivity index (χ1v) is 7.90. The van der Waals surface area contributed by atoms with Gasteiger partial charge in [0.15, 0.2) is 0 Å². The lowest BCUT2D eigenvalue weighted by Gasteiger charge is -2.40. The van der Waals surface area contributed by atoms with Crippen molar-refractivity contribution < 1.29 is 19.1 Å². The molecule has 1 fully saturated rings. The molecule has 8 heteroatoms. The fourth-order valence-electron chi connectivity index (χ4n) is 2.59. The quantitative estimate of drug-likeness (QED) is 0.334. The van der Waals surface area contributed by atoms with Crippen molar-refractivity contribution in [1.82, 2.24) is 4.90 Å². The Hall–Kier alpha value is -1.95. The minimum absolute atomic E-state index is 0.238. The number of hydrogen-bond acceptors (Lipinski definition) is 5. The van der Waals surface area contributed by atoms with Gasteiger partial charge in [-0.15, -0.1) is 0 Å². The van der Waals surface area contributed by atoms with Gasteiger partial charge in [0.05, 0.1) is 12.0 Å². The summed E-state index contributed by atoms with van der Waals surface area (Å²) >= 11 is 0. The molecule has 1 aliphatic rings. The summed E-state index contributed by atoms with van der Waals surface area (Å²) in [5.41, 5.74) is 7.18. The molecule has 23 heavy (non-hydrogen) atoms. The normalized spacial score (nSPS) is 17.1. The summed E-state index contributed by atoms with van der Waals surface area (Å²) in [6.45, 7) is 8.59. The van der Waals surface area contributed by atoms with Crippen LogP contribution in [0.4, 0.5) is 4.79 Å². The molecule has 0 radical (unpaired) electrons. The van der Waals surface area contributed by atoms with Crippen molar-refractivity contribution in [2.75, 3.05) is 26.2 Å². The molecule has 0 aliphatic carbocycles. The maximum atomic E-state index is 12.3. The molecule has 130 valence electrons. The fourth-order valence-corrected chi connectivity index (χ4v) is 2.59. The number of carbonyl (C=O) groups excluding carboxylic acids is 2. The van der Waals surface area contributed by atoms with E-state index in [4.69, 9.17) is 15.0 Å². The minimum Gasteiger partial charge on any atom is -0.466 e. The van der Waals surface area contributed by atoms with Gasteiger partial charge in [0.1, 0.15) is 5.60 Å². The Morgan fingerprint density at radius 3 is 2.39 bits per heavy atom. The number of amides is 1. The van der Waals surface area contributed by atoms with Crippen molar-refractivity contribution in [2.24, 2.45) is 10.5 Å². The van der Waals surface area contributed by atoms with Gasteiger partial charge in [-0.1, -0.05) is 5.11 Å². The highest BCUT2D eigenvalue weighted by atomic mass is 16.6. The van der Waals surface area contributed by atoms with Gasteiger partial charge in [0.25, 0.3) is 0 Å². The van der Waals surface area contributed by atoms with Gasteiger partial charge >= 0.3 is 12.1 Å². The number of esters is 1. The predicted molar refractivity (Wildman–Crippen MR) is 84.7 cm³/mol. The monoisotopic (exact) mass is 326 g/mol. The zero-order valence-electron chi connectivity index (χ0n) is 14.4. The third kappa shape index (κ3) is 5.63. The Bertz CT molecular complexity index is 472. The smallest absolute Gasteiger partial charge is 0.410 e. The van der Waals surface area contributed by atoms with Crippen LogP contribution in [-0.2, 0) is 14.3 Å². The molecule has 0 aromatic carbocycles. The summed E-state index contributed by atoms with van der Waals surface area (Å²) in [6.07, 6.45) is 1.01. The zero-order chi connectivity index (χ0) is 17.5. The lowest BCUT2D eigenvalue weighted by Crippen LogP contribution is -2.48. The molecule has 0 aromatic heterocycles. The van der Waals surface area contributed by atoms with Crippen molar-refractivity contribution in [1.29, 1.82) is 0 Å². The van der Waals surface area contributed by atoms with Crippen LogP contribution in [0.25, 0.3) is 10.4 Å². The molecular weight excluding hydrogens is 300 g/mol. The van der Waals surface area contributed by atoms with Gasteiger partial charge in [-0.05, 0) is 52.5 Å². The second-order valence-corrected chi connectivity index (χ2v) is 6.67. The second-order valence-electron chi connectivity index (χ2n) is 6.67. The first kappa shape index (κ1) is 19.1. The Morgan fingerprint density at radius 1 is 1.30 bits per heavy atom. The van der Waals surface area contributed by atoms with E-state index in [1.807, 2.05) is 20.8 Å². The van der Waals surface area contributed by atoms with Crippen LogP contribution in [0, 0.1) is 5.41 Å². The summed E-state index contributed by atoms with van der Waals surface area (Å²) in [5, 5.41) is 3.52. The molecule has 0 saturated carbocycles. The highest BCUT2D eigenvalue weighted by molar-refractivity contribution is 5.77. The van der Waals surface area contributed by atoms with E-state index in [-0.39, 0.29) is 18.6 Å². The number of hydrogen-bond donors (Lipinski definition) is 0. The van der Waals surface area contributed by atoms with E-state index in [0.717, 1.165) is 0 Å². The average molecular weight is 326 g/mol. The first-order chi connectivity index (χ1) is 10.7. The molecule has 1 rings (SSSR count). The third-order valence-corrected chi connectivity index (χ3v) is 3.83. The fraction of sp³-hybridized carbons (Fsp3) is 0.867. The lowest BCUT2D eigenvalue weighted by atomic mass is 9.75. The van der Waals surface area contributed by atoms with E-state index in [1.165, 1.54) is 0 Å². The molecule has 0 atom stereocenters. The molecule has 8 nitrogen and oxygen atoms in total. The topological polar surface area (TPSA) is 105 Å². The number of ether oxygens (including phenoxy) is 2. The number of azide groups is 1. The summed E-state index contributed by atoms with van der Waals surface area (Å²) < 4.78 is 10.5. The molecule has 1 heterocycles. The van der Waals surface area contributed by atoms with Crippen LogP contribution in [-0.4, -0.2) is 48.8 Å². The van der Waals surface area contributed by atoms with E-state index in [9.17, 15) is 9.59 Å². The van der Waals surface area contributed by atoms with Gasteiger partial charge in [-0.2, -0.15) is 0 Å². The van der Waals surface area contributed by atoms with Gasteiger partial charge in [-0.25, -0.2) is 4.79 Å². The van der Waals surface area contributed by atoms with Crippen molar-refractivity contribution in [3.05, 3.63) is 10.4 Å². The van der Waals surface area contributed by atoms with Gasteiger partial charge in [0.2, 0.25) is 0 Å². The SMILES string of the molecule is CCOC(=O)C1(CCN=[N+]=[N-])CCN(C(=O)OC(C)(C)C)CC1. The molecule has 1 saturated heterocycles. The lowest BCUT2D eigenvalue weighted by molar-refractivity contribution is -0.159. The molecule has 0 bridgehead atoms. The number of piperidine rings is 1. The van der Waals surface area contributed by atoms with Crippen LogP contribution < -0.4 is 0 Å². The maximum absolute atomic E-state index is 12.3. The van der Waals surface area contributed by atoms with Gasteiger partial charge in [-0.3, -0.25) is 4.79 Å². The molecule has 0 N–H and O–H groups in total. The number of nitrogens with zero attached hydrogens (tertiary/aromatic N) is 4. The van der Waals surface area contributed by atoms with Crippen LogP contribution >= 0.6 is 0 Å². The van der Waals surface area contributed by atoms with E-state index in [2.05, 4.69) is 10.0 Å². The summed E-state index contributed by atoms with van der Waals surface area (Å²) in [4.78, 5) is 28.8. The van der Waals surface area contributed by atoms with E-state index >= 15 is 0 Å². The van der Waals surface area contributed by atoms with Crippen LogP contribution in [0.2, 0.25) is 0 Å². The zero-order valence-corrected chi connectivity index (χ0v) is 14.4. The van der Waals surface area contributed by atoms with Crippen LogP contribution in [0.5, 0.6) is 0 Å². The Labute approximate surface area is 136 Å². The Morgan fingerprint density at radius 2 is 1.91 bits per heavy atom. The predicted octanol–water partition coefficient (Wildman–Crippen LogP) is 3.27. The Kier molecular flexibility index (Phi) is 6.69. The summed E-state index contributed by atoms with van der Waals surface area (Å²) in [7, 11) is 0. The molecule has 0 aromatic rings. The van der Waals surface area contributed by atoms with Crippen molar-refractivity contribution in [3.8, 4) is 0 Å². The standard InChI is InChI=1S/C15H26N4O4/c1-5-22-12(20)15(6-9-17-18-16)7-10-19(11-8-15)13(21)23-14(2,3)4/h5-11H2,1-4H3. The van der Waals surface area contributed by atoms with Crippen LogP contribution in [0.15, 0.2) is 5.11 Å². The average Bonchev–Trinajstić information content (AvgIpc) is 2.46.